The van der Waals surface area contributed by atoms with Gasteiger partial charge >= 0.3 is 0 Å². The van der Waals surface area contributed by atoms with E-state index in [0.717, 1.165) is 19.6 Å². The molecule has 100 valence electrons. The minimum absolute atomic E-state index is 0.122. The highest BCUT2D eigenvalue weighted by molar-refractivity contribution is 4.92. The molecular weight excluding hydrogens is 214 g/mol. The third kappa shape index (κ3) is 3.65. The lowest BCUT2D eigenvalue weighted by atomic mass is 10.1. The van der Waals surface area contributed by atoms with E-state index < -0.39 is 0 Å². The molecule has 17 heavy (non-hydrogen) atoms. The third-order valence-electron chi connectivity index (χ3n) is 3.86. The molecule has 2 heterocycles. The highest BCUT2D eigenvalue weighted by Gasteiger charge is 2.39. The molecule has 0 bridgehead atoms. The zero-order valence-corrected chi connectivity index (χ0v) is 11.8. The number of nitrogens with zero attached hydrogens (tertiary/aromatic N) is 2. The van der Waals surface area contributed by atoms with Crippen molar-refractivity contribution in [3.63, 3.8) is 0 Å². The minimum atomic E-state index is -0.132. The van der Waals surface area contributed by atoms with Gasteiger partial charge in [0, 0.05) is 44.7 Å². The third-order valence-corrected chi connectivity index (χ3v) is 3.86. The van der Waals surface area contributed by atoms with Crippen molar-refractivity contribution in [1.29, 1.82) is 0 Å². The lowest BCUT2D eigenvalue weighted by Crippen LogP contribution is -2.50. The van der Waals surface area contributed by atoms with Crippen LogP contribution in [0.25, 0.3) is 0 Å². The molecule has 1 N–H and O–H groups in total. The van der Waals surface area contributed by atoms with Crippen LogP contribution < -0.4 is 5.32 Å². The summed E-state index contributed by atoms with van der Waals surface area (Å²) < 4.78 is 5.92. The Morgan fingerprint density at radius 3 is 2.29 bits per heavy atom. The first-order valence-corrected chi connectivity index (χ1v) is 6.73. The van der Waals surface area contributed by atoms with Crippen molar-refractivity contribution in [1.82, 2.24) is 15.1 Å². The van der Waals surface area contributed by atoms with Gasteiger partial charge in [0.2, 0.25) is 0 Å². The first-order valence-electron chi connectivity index (χ1n) is 6.73. The number of ether oxygens (including phenoxy) is 1. The predicted octanol–water partition coefficient (Wildman–Crippen LogP) is 0.739. The molecule has 2 rings (SSSR count). The summed E-state index contributed by atoms with van der Waals surface area (Å²) in [6.45, 7) is 13.3. The van der Waals surface area contributed by atoms with Gasteiger partial charge in [-0.25, -0.2) is 0 Å². The molecule has 0 aromatic heterocycles. The number of rotatable bonds is 3. The summed E-state index contributed by atoms with van der Waals surface area (Å²) >= 11 is 0. The lowest BCUT2D eigenvalue weighted by Gasteiger charge is -2.35. The van der Waals surface area contributed by atoms with Crippen LogP contribution in [0, 0.1) is 0 Å². The van der Waals surface area contributed by atoms with Crippen LogP contribution in [0.2, 0.25) is 0 Å². The van der Waals surface area contributed by atoms with E-state index in [9.17, 15) is 0 Å². The van der Waals surface area contributed by atoms with Gasteiger partial charge in [-0.1, -0.05) is 0 Å². The Hall–Kier alpha value is -0.160. The van der Waals surface area contributed by atoms with E-state index in [4.69, 9.17) is 4.74 Å². The number of nitrogens with one attached hydrogen (secondary N) is 1. The largest absolute Gasteiger partial charge is 0.359 e. The number of hydrogen-bond donors (Lipinski definition) is 1. The van der Waals surface area contributed by atoms with Gasteiger partial charge in [0.1, 0.15) is 5.72 Å². The van der Waals surface area contributed by atoms with Gasteiger partial charge in [-0.3, -0.25) is 5.32 Å². The summed E-state index contributed by atoms with van der Waals surface area (Å²) in [5, 5.41) is 3.60. The van der Waals surface area contributed by atoms with Gasteiger partial charge in [0.15, 0.2) is 0 Å². The highest BCUT2D eigenvalue weighted by atomic mass is 16.5. The van der Waals surface area contributed by atoms with E-state index in [1.54, 1.807) is 0 Å². The summed E-state index contributed by atoms with van der Waals surface area (Å²) in [6.07, 6.45) is 1.07. The number of piperazine rings is 1. The van der Waals surface area contributed by atoms with E-state index in [-0.39, 0.29) is 11.3 Å². The van der Waals surface area contributed by atoms with Crippen molar-refractivity contribution in [3.8, 4) is 0 Å². The Bertz CT molecular complexity index is 261. The first-order chi connectivity index (χ1) is 7.89. The van der Waals surface area contributed by atoms with Crippen LogP contribution in [-0.4, -0.2) is 67.4 Å². The maximum atomic E-state index is 5.92. The zero-order chi connectivity index (χ0) is 12.5. The van der Waals surface area contributed by atoms with Crippen LogP contribution in [0.5, 0.6) is 0 Å². The molecule has 1 unspecified atom stereocenters. The highest BCUT2D eigenvalue weighted by Crippen LogP contribution is 2.25. The summed E-state index contributed by atoms with van der Waals surface area (Å²) in [7, 11) is 2.20. The molecule has 2 aliphatic rings. The van der Waals surface area contributed by atoms with Crippen molar-refractivity contribution in [2.75, 3.05) is 46.4 Å². The summed E-state index contributed by atoms with van der Waals surface area (Å²) in [4.78, 5) is 4.94. The van der Waals surface area contributed by atoms with E-state index in [2.05, 4.69) is 42.9 Å². The Balaban J connectivity index is 1.75. The second-order valence-electron chi connectivity index (χ2n) is 6.42. The summed E-state index contributed by atoms with van der Waals surface area (Å²) in [5.41, 5.74) is -0.0102. The van der Waals surface area contributed by atoms with E-state index >= 15 is 0 Å². The zero-order valence-electron chi connectivity index (χ0n) is 11.8. The van der Waals surface area contributed by atoms with Crippen molar-refractivity contribution < 1.29 is 4.74 Å². The fourth-order valence-electron chi connectivity index (χ4n) is 2.71. The average Bonchev–Trinajstić information content (AvgIpc) is 2.53. The van der Waals surface area contributed by atoms with Crippen molar-refractivity contribution in [3.05, 3.63) is 0 Å². The normalized spacial score (nSPS) is 35.3. The number of hydrogen-bond acceptors (Lipinski definition) is 4. The molecule has 4 nitrogen and oxygen atoms in total. The predicted molar refractivity (Wildman–Crippen MR) is 70.1 cm³/mol. The monoisotopic (exact) mass is 241 g/mol. The first kappa shape index (κ1) is 13.3. The van der Waals surface area contributed by atoms with Gasteiger partial charge in [0.25, 0.3) is 0 Å². The van der Waals surface area contributed by atoms with Crippen LogP contribution in [0.3, 0.4) is 0 Å². The maximum Gasteiger partial charge on any atom is 0.118 e. The van der Waals surface area contributed by atoms with Gasteiger partial charge in [0.05, 0.1) is 6.61 Å². The summed E-state index contributed by atoms with van der Waals surface area (Å²) in [6, 6.07) is 0. The van der Waals surface area contributed by atoms with Gasteiger partial charge in [-0.2, -0.15) is 0 Å². The standard InChI is InChI=1S/C13H27N3O/c1-12(2)11-17-13(3,14-12)5-6-16-9-7-15(4)8-10-16/h14H,5-11H2,1-4H3. The van der Waals surface area contributed by atoms with Crippen LogP contribution in [0.4, 0.5) is 0 Å². The molecule has 0 saturated carbocycles. The SMILES string of the molecule is CN1CCN(CCC2(C)NC(C)(C)CO2)CC1. The van der Waals surface area contributed by atoms with Crippen molar-refractivity contribution in [2.45, 2.75) is 38.5 Å². The Morgan fingerprint density at radius 2 is 1.76 bits per heavy atom. The molecule has 2 fully saturated rings. The quantitative estimate of drug-likeness (QED) is 0.789. The van der Waals surface area contributed by atoms with E-state index in [1.165, 1.54) is 26.2 Å². The number of likely N-dealkylation sites (N-methyl/N-ethyl adjacent to an activating group) is 1. The van der Waals surface area contributed by atoms with Crippen LogP contribution >= 0.6 is 0 Å². The molecule has 0 aliphatic carbocycles. The van der Waals surface area contributed by atoms with Gasteiger partial charge in [-0.15, -0.1) is 0 Å². The molecule has 0 radical (unpaired) electrons. The second-order valence-corrected chi connectivity index (χ2v) is 6.42. The Kier molecular flexibility index (Phi) is 3.78. The topological polar surface area (TPSA) is 27.7 Å². The summed E-state index contributed by atoms with van der Waals surface area (Å²) in [5.74, 6) is 0. The molecular formula is C13H27N3O. The van der Waals surface area contributed by atoms with Gasteiger partial charge < -0.3 is 14.5 Å². The van der Waals surface area contributed by atoms with Gasteiger partial charge in [-0.05, 0) is 27.8 Å². The molecule has 4 heteroatoms. The van der Waals surface area contributed by atoms with E-state index in [1.807, 2.05) is 0 Å². The smallest absolute Gasteiger partial charge is 0.118 e. The van der Waals surface area contributed by atoms with E-state index in [0.29, 0.717) is 0 Å². The van der Waals surface area contributed by atoms with Crippen LogP contribution in [0.15, 0.2) is 0 Å². The lowest BCUT2D eigenvalue weighted by molar-refractivity contribution is -0.0107. The van der Waals surface area contributed by atoms with Crippen LogP contribution in [0.1, 0.15) is 27.2 Å². The minimum Gasteiger partial charge on any atom is -0.359 e. The van der Waals surface area contributed by atoms with Crippen LogP contribution in [-0.2, 0) is 4.74 Å². The van der Waals surface area contributed by atoms with Crippen molar-refractivity contribution in [2.24, 2.45) is 0 Å². The molecule has 2 saturated heterocycles. The second kappa shape index (κ2) is 4.84. The molecule has 0 aromatic carbocycles. The Labute approximate surface area is 105 Å². The molecule has 1 atom stereocenters. The van der Waals surface area contributed by atoms with Crippen molar-refractivity contribution >= 4 is 0 Å². The maximum absolute atomic E-state index is 5.92. The average molecular weight is 241 g/mol. The molecule has 0 aromatic rings. The fourth-order valence-corrected chi connectivity index (χ4v) is 2.71. The fraction of sp³-hybridized carbons (Fsp3) is 1.00. The molecule has 2 aliphatic heterocycles. The Morgan fingerprint density at radius 1 is 1.12 bits per heavy atom. The molecule has 0 amide bonds. The molecule has 0 spiro atoms.